The molecule has 0 aromatic rings. The number of hydrogen-bond acceptors (Lipinski definition) is 3. The Hall–Kier alpha value is -0.120. The van der Waals surface area contributed by atoms with Gasteiger partial charge < -0.3 is 14.8 Å². The summed E-state index contributed by atoms with van der Waals surface area (Å²) in [6.45, 7) is 8.36. The van der Waals surface area contributed by atoms with E-state index in [0.717, 1.165) is 32.2 Å². The second-order valence-electron chi connectivity index (χ2n) is 5.00. The van der Waals surface area contributed by atoms with E-state index in [4.69, 9.17) is 9.47 Å². The van der Waals surface area contributed by atoms with Crippen LogP contribution in [-0.4, -0.2) is 38.5 Å². The van der Waals surface area contributed by atoms with E-state index in [0.29, 0.717) is 18.1 Å². The van der Waals surface area contributed by atoms with Crippen LogP contribution in [0.25, 0.3) is 0 Å². The molecule has 2 heterocycles. The second kappa shape index (κ2) is 5.28. The van der Waals surface area contributed by atoms with E-state index in [1.165, 1.54) is 12.8 Å². The molecule has 0 amide bonds. The normalized spacial score (nSPS) is 36.8. The van der Waals surface area contributed by atoms with Crippen LogP contribution in [0.1, 0.15) is 26.7 Å². The van der Waals surface area contributed by atoms with E-state index >= 15 is 0 Å². The highest BCUT2D eigenvalue weighted by Crippen LogP contribution is 2.30. The van der Waals surface area contributed by atoms with Crippen LogP contribution >= 0.6 is 0 Å². The van der Waals surface area contributed by atoms with E-state index in [2.05, 4.69) is 19.2 Å². The molecule has 0 aliphatic carbocycles. The molecule has 2 aliphatic rings. The molecule has 2 aliphatic heterocycles. The molecular formula is C12H23NO2. The van der Waals surface area contributed by atoms with Gasteiger partial charge >= 0.3 is 0 Å². The van der Waals surface area contributed by atoms with E-state index in [1.54, 1.807) is 0 Å². The molecule has 3 nitrogen and oxygen atoms in total. The van der Waals surface area contributed by atoms with Gasteiger partial charge in [-0.2, -0.15) is 0 Å². The Balaban J connectivity index is 1.61. The molecule has 15 heavy (non-hydrogen) atoms. The van der Waals surface area contributed by atoms with Crippen molar-refractivity contribution >= 4 is 0 Å². The van der Waals surface area contributed by atoms with Crippen molar-refractivity contribution in [3.05, 3.63) is 0 Å². The molecule has 0 aromatic heterocycles. The lowest BCUT2D eigenvalue weighted by Gasteiger charge is -2.15. The van der Waals surface area contributed by atoms with Gasteiger partial charge in [0.1, 0.15) is 0 Å². The molecule has 0 aromatic carbocycles. The zero-order chi connectivity index (χ0) is 10.7. The molecule has 2 unspecified atom stereocenters. The predicted molar refractivity (Wildman–Crippen MR) is 59.9 cm³/mol. The maximum absolute atomic E-state index is 5.91. The molecule has 1 N–H and O–H groups in total. The average Bonchev–Trinajstić information content (AvgIpc) is 2.77. The quantitative estimate of drug-likeness (QED) is 0.749. The van der Waals surface area contributed by atoms with Crippen LogP contribution < -0.4 is 5.32 Å². The third-order valence-electron chi connectivity index (χ3n) is 3.63. The molecule has 2 rings (SSSR count). The average molecular weight is 213 g/mol. The number of fused-ring (bicyclic) bond motifs is 1. The fourth-order valence-electron chi connectivity index (χ4n) is 2.36. The van der Waals surface area contributed by atoms with Gasteiger partial charge in [0.15, 0.2) is 0 Å². The van der Waals surface area contributed by atoms with Crippen LogP contribution in [0, 0.1) is 11.8 Å². The fraction of sp³-hybridized carbons (Fsp3) is 1.00. The zero-order valence-electron chi connectivity index (χ0n) is 9.87. The lowest BCUT2D eigenvalue weighted by Crippen LogP contribution is -2.30. The van der Waals surface area contributed by atoms with Gasteiger partial charge in [-0.1, -0.05) is 20.3 Å². The van der Waals surface area contributed by atoms with Crippen molar-refractivity contribution < 1.29 is 9.47 Å². The molecule has 2 saturated heterocycles. The van der Waals surface area contributed by atoms with Gasteiger partial charge in [0.05, 0.1) is 25.4 Å². The molecule has 88 valence electrons. The molecule has 0 bridgehead atoms. The summed E-state index contributed by atoms with van der Waals surface area (Å²) >= 11 is 0. The monoisotopic (exact) mass is 213 g/mol. The lowest BCUT2D eigenvalue weighted by atomic mass is 10.0. The number of rotatable bonds is 5. The minimum Gasteiger partial charge on any atom is -0.378 e. The first-order valence-corrected chi connectivity index (χ1v) is 6.23. The minimum atomic E-state index is 0.389. The first-order chi connectivity index (χ1) is 7.29. The summed E-state index contributed by atoms with van der Waals surface area (Å²) in [7, 11) is 0. The highest BCUT2D eigenvalue weighted by molar-refractivity contribution is 4.86. The Morgan fingerprint density at radius 2 is 2.27 bits per heavy atom. The van der Waals surface area contributed by atoms with Gasteiger partial charge in [-0.15, -0.1) is 0 Å². The molecule has 0 radical (unpaired) electrons. The second-order valence-corrected chi connectivity index (χ2v) is 5.00. The molecular weight excluding hydrogens is 190 g/mol. The maximum atomic E-state index is 5.91. The standard InChI is InChI=1S/C12H23NO2/c1-3-9(2)5-13-6-11-4-10-7-14-8-12(10)15-11/h9-13H,3-8H2,1-2H3/t9?,10-,11?,12+/m0/s1. The van der Waals surface area contributed by atoms with Crippen LogP contribution in [0.4, 0.5) is 0 Å². The third kappa shape index (κ3) is 2.92. The van der Waals surface area contributed by atoms with E-state index in [9.17, 15) is 0 Å². The molecule has 0 spiro atoms. The summed E-state index contributed by atoms with van der Waals surface area (Å²) < 4.78 is 11.3. The largest absolute Gasteiger partial charge is 0.378 e. The highest BCUT2D eigenvalue weighted by atomic mass is 16.6. The number of nitrogens with one attached hydrogen (secondary N) is 1. The van der Waals surface area contributed by atoms with Crippen LogP contribution in [0.2, 0.25) is 0 Å². The first kappa shape index (κ1) is 11.4. The summed E-state index contributed by atoms with van der Waals surface area (Å²) in [6.07, 6.45) is 3.24. The lowest BCUT2D eigenvalue weighted by molar-refractivity contribution is 0.0202. The SMILES string of the molecule is CCC(C)CNCC1C[C@H]2COC[C@H]2O1. The van der Waals surface area contributed by atoms with Crippen LogP contribution in [0.15, 0.2) is 0 Å². The molecule has 4 atom stereocenters. The Bertz CT molecular complexity index is 186. The Labute approximate surface area is 92.5 Å². The van der Waals surface area contributed by atoms with Crippen molar-refractivity contribution in [3.8, 4) is 0 Å². The molecule has 0 saturated carbocycles. The molecule has 3 heteroatoms. The van der Waals surface area contributed by atoms with Gasteiger partial charge in [0, 0.05) is 12.5 Å². The van der Waals surface area contributed by atoms with Crippen molar-refractivity contribution in [2.45, 2.75) is 38.9 Å². The maximum Gasteiger partial charge on any atom is 0.0863 e. The van der Waals surface area contributed by atoms with Gasteiger partial charge in [0.25, 0.3) is 0 Å². The van der Waals surface area contributed by atoms with E-state index in [-0.39, 0.29) is 0 Å². The Kier molecular flexibility index (Phi) is 4.00. The predicted octanol–water partition coefficient (Wildman–Crippen LogP) is 1.43. The smallest absolute Gasteiger partial charge is 0.0863 e. The summed E-state index contributed by atoms with van der Waals surface area (Å²) in [5.74, 6) is 1.44. The third-order valence-corrected chi connectivity index (χ3v) is 3.63. The van der Waals surface area contributed by atoms with Crippen molar-refractivity contribution in [1.29, 1.82) is 0 Å². The van der Waals surface area contributed by atoms with Gasteiger partial charge in [-0.25, -0.2) is 0 Å². The first-order valence-electron chi connectivity index (χ1n) is 6.23. The number of ether oxygens (including phenoxy) is 2. The fourth-order valence-corrected chi connectivity index (χ4v) is 2.36. The summed E-state index contributed by atoms with van der Waals surface area (Å²) in [5.41, 5.74) is 0. The van der Waals surface area contributed by atoms with Crippen molar-refractivity contribution in [3.63, 3.8) is 0 Å². The van der Waals surface area contributed by atoms with Crippen LogP contribution in [-0.2, 0) is 9.47 Å². The van der Waals surface area contributed by atoms with Crippen molar-refractivity contribution in [2.75, 3.05) is 26.3 Å². The van der Waals surface area contributed by atoms with Crippen molar-refractivity contribution in [1.82, 2.24) is 5.32 Å². The summed E-state index contributed by atoms with van der Waals surface area (Å²) in [6, 6.07) is 0. The Morgan fingerprint density at radius 3 is 3.00 bits per heavy atom. The molecule has 2 fully saturated rings. The number of hydrogen-bond donors (Lipinski definition) is 1. The zero-order valence-corrected chi connectivity index (χ0v) is 9.87. The van der Waals surface area contributed by atoms with Gasteiger partial charge in [-0.3, -0.25) is 0 Å². The van der Waals surface area contributed by atoms with Crippen LogP contribution in [0.3, 0.4) is 0 Å². The van der Waals surface area contributed by atoms with Crippen LogP contribution in [0.5, 0.6) is 0 Å². The van der Waals surface area contributed by atoms with E-state index < -0.39 is 0 Å². The van der Waals surface area contributed by atoms with Crippen molar-refractivity contribution in [2.24, 2.45) is 11.8 Å². The summed E-state index contributed by atoms with van der Waals surface area (Å²) in [5, 5.41) is 3.50. The highest BCUT2D eigenvalue weighted by Gasteiger charge is 2.38. The van der Waals surface area contributed by atoms with Gasteiger partial charge in [0.2, 0.25) is 0 Å². The minimum absolute atomic E-state index is 0.389. The topological polar surface area (TPSA) is 30.5 Å². The van der Waals surface area contributed by atoms with Gasteiger partial charge in [-0.05, 0) is 18.9 Å². The van der Waals surface area contributed by atoms with E-state index in [1.807, 2.05) is 0 Å². The Morgan fingerprint density at radius 1 is 1.40 bits per heavy atom. The summed E-state index contributed by atoms with van der Waals surface area (Å²) in [4.78, 5) is 0.